The summed E-state index contributed by atoms with van der Waals surface area (Å²) in [5, 5.41) is 10.4. The van der Waals surface area contributed by atoms with Gasteiger partial charge in [-0.1, -0.05) is 0 Å². The molecule has 27 heavy (non-hydrogen) atoms. The topological polar surface area (TPSA) is 53.4 Å². The Morgan fingerprint density at radius 2 is 1.81 bits per heavy atom. The Morgan fingerprint density at radius 1 is 1.07 bits per heavy atom. The standard InChI is InChI=1S/C21H19FN2O2S/c22-18-11-15(10-16(13-25)20(18)26)19-12-23-21(27-19)14-4-6-17(7-5-14)24-8-2-1-3-9-24/h4-7,10-13,26H,1-3,8-9H2. The van der Waals surface area contributed by atoms with Crippen molar-refractivity contribution in [3.8, 4) is 26.8 Å². The number of phenolic OH excluding ortho intramolecular Hbond substituents is 1. The van der Waals surface area contributed by atoms with Crippen LogP contribution >= 0.6 is 11.3 Å². The number of benzene rings is 2. The molecule has 1 aliphatic heterocycles. The average Bonchev–Trinajstić information content (AvgIpc) is 3.21. The molecule has 6 heteroatoms. The Morgan fingerprint density at radius 3 is 2.52 bits per heavy atom. The van der Waals surface area contributed by atoms with Crippen molar-refractivity contribution < 1.29 is 14.3 Å². The number of thiazole rings is 1. The zero-order valence-electron chi connectivity index (χ0n) is 14.7. The summed E-state index contributed by atoms with van der Waals surface area (Å²) >= 11 is 1.43. The lowest BCUT2D eigenvalue weighted by Crippen LogP contribution is -2.29. The third-order valence-electron chi connectivity index (χ3n) is 4.85. The van der Waals surface area contributed by atoms with Gasteiger partial charge in [0.1, 0.15) is 5.01 Å². The molecule has 1 saturated heterocycles. The summed E-state index contributed by atoms with van der Waals surface area (Å²) in [6, 6.07) is 11.0. The number of aromatic nitrogens is 1. The maximum absolute atomic E-state index is 13.8. The monoisotopic (exact) mass is 382 g/mol. The average molecular weight is 382 g/mol. The van der Waals surface area contributed by atoms with Crippen molar-refractivity contribution in [2.45, 2.75) is 19.3 Å². The van der Waals surface area contributed by atoms with Gasteiger partial charge in [-0.15, -0.1) is 11.3 Å². The summed E-state index contributed by atoms with van der Waals surface area (Å²) in [7, 11) is 0. The number of hydrogen-bond acceptors (Lipinski definition) is 5. The molecule has 0 spiro atoms. The van der Waals surface area contributed by atoms with Crippen LogP contribution in [0.4, 0.5) is 10.1 Å². The second-order valence-electron chi connectivity index (χ2n) is 6.64. The van der Waals surface area contributed by atoms with Gasteiger partial charge >= 0.3 is 0 Å². The maximum Gasteiger partial charge on any atom is 0.166 e. The number of anilines is 1. The first-order valence-corrected chi connectivity index (χ1v) is 9.76. The quantitative estimate of drug-likeness (QED) is 0.636. The third-order valence-corrected chi connectivity index (χ3v) is 5.94. The molecule has 1 aromatic heterocycles. The molecule has 1 fully saturated rings. The molecule has 0 bridgehead atoms. The Labute approximate surface area is 160 Å². The molecule has 3 aromatic rings. The Bertz CT molecular complexity index is 963. The summed E-state index contributed by atoms with van der Waals surface area (Å²) in [6.45, 7) is 2.21. The summed E-state index contributed by atoms with van der Waals surface area (Å²) in [5.74, 6) is -1.43. The molecular formula is C21H19FN2O2S. The van der Waals surface area contributed by atoms with E-state index in [4.69, 9.17) is 0 Å². The van der Waals surface area contributed by atoms with Gasteiger partial charge in [-0.3, -0.25) is 4.79 Å². The van der Waals surface area contributed by atoms with E-state index >= 15 is 0 Å². The van der Waals surface area contributed by atoms with Crippen molar-refractivity contribution in [2.75, 3.05) is 18.0 Å². The van der Waals surface area contributed by atoms with E-state index in [0.717, 1.165) is 28.5 Å². The van der Waals surface area contributed by atoms with Crippen LogP contribution in [0, 0.1) is 5.82 Å². The summed E-state index contributed by atoms with van der Waals surface area (Å²) < 4.78 is 13.8. The summed E-state index contributed by atoms with van der Waals surface area (Å²) in [6.07, 6.45) is 5.90. The van der Waals surface area contributed by atoms with Crippen molar-refractivity contribution in [2.24, 2.45) is 0 Å². The van der Waals surface area contributed by atoms with E-state index < -0.39 is 11.6 Å². The highest BCUT2D eigenvalue weighted by Crippen LogP contribution is 2.35. The molecule has 0 radical (unpaired) electrons. The van der Waals surface area contributed by atoms with Gasteiger partial charge in [0, 0.05) is 30.5 Å². The molecule has 0 amide bonds. The highest BCUT2D eigenvalue weighted by molar-refractivity contribution is 7.18. The molecule has 2 heterocycles. The molecular weight excluding hydrogens is 363 g/mol. The normalized spacial score (nSPS) is 14.3. The van der Waals surface area contributed by atoms with Crippen molar-refractivity contribution >= 4 is 23.3 Å². The van der Waals surface area contributed by atoms with Crippen LogP contribution in [0.1, 0.15) is 29.6 Å². The van der Waals surface area contributed by atoms with Gasteiger partial charge in [0.05, 0.1) is 10.4 Å². The maximum atomic E-state index is 13.8. The fourth-order valence-electron chi connectivity index (χ4n) is 3.36. The molecule has 0 aliphatic carbocycles. The van der Waals surface area contributed by atoms with Gasteiger partial charge in [0.2, 0.25) is 0 Å². The van der Waals surface area contributed by atoms with Crippen LogP contribution in [0.5, 0.6) is 5.75 Å². The van der Waals surface area contributed by atoms with Crippen LogP contribution in [-0.2, 0) is 0 Å². The van der Waals surface area contributed by atoms with Crippen LogP contribution < -0.4 is 4.90 Å². The lowest BCUT2D eigenvalue weighted by Gasteiger charge is -2.28. The number of carbonyl (C=O) groups is 1. The number of phenols is 1. The third kappa shape index (κ3) is 3.57. The number of rotatable bonds is 4. The van der Waals surface area contributed by atoms with E-state index in [2.05, 4.69) is 34.1 Å². The smallest absolute Gasteiger partial charge is 0.166 e. The molecule has 1 aliphatic rings. The molecule has 0 atom stereocenters. The molecule has 1 N–H and O–H groups in total. The summed E-state index contributed by atoms with van der Waals surface area (Å²) in [5.41, 5.74) is 2.69. The van der Waals surface area contributed by atoms with Gasteiger partial charge < -0.3 is 10.0 Å². The first-order valence-electron chi connectivity index (χ1n) is 8.95. The van der Waals surface area contributed by atoms with Crippen LogP contribution in [0.3, 0.4) is 0 Å². The predicted molar refractivity (Wildman–Crippen MR) is 106 cm³/mol. The van der Waals surface area contributed by atoms with Crippen LogP contribution in [0.25, 0.3) is 21.0 Å². The van der Waals surface area contributed by atoms with E-state index in [9.17, 15) is 14.3 Å². The second kappa shape index (κ2) is 7.48. The number of aldehydes is 1. The second-order valence-corrected chi connectivity index (χ2v) is 7.67. The Hall–Kier alpha value is -2.73. The first-order chi connectivity index (χ1) is 13.2. The highest BCUT2D eigenvalue weighted by atomic mass is 32.1. The van der Waals surface area contributed by atoms with Crippen molar-refractivity contribution in [3.63, 3.8) is 0 Å². The largest absolute Gasteiger partial charge is 0.504 e. The van der Waals surface area contributed by atoms with E-state index in [1.54, 1.807) is 6.20 Å². The van der Waals surface area contributed by atoms with Crippen LogP contribution in [-0.4, -0.2) is 29.5 Å². The van der Waals surface area contributed by atoms with Crippen molar-refractivity contribution in [1.82, 2.24) is 4.98 Å². The van der Waals surface area contributed by atoms with Crippen molar-refractivity contribution in [1.29, 1.82) is 0 Å². The fraction of sp³-hybridized carbons (Fsp3) is 0.238. The van der Waals surface area contributed by atoms with Gasteiger partial charge in [0.25, 0.3) is 0 Å². The summed E-state index contributed by atoms with van der Waals surface area (Å²) in [4.78, 5) is 18.6. The number of halogens is 1. The van der Waals surface area contributed by atoms with Crippen LogP contribution in [0.15, 0.2) is 42.6 Å². The Balaban J connectivity index is 1.59. The van der Waals surface area contributed by atoms with E-state index in [1.165, 1.54) is 48.4 Å². The SMILES string of the molecule is O=Cc1cc(-c2cnc(-c3ccc(N4CCCCC4)cc3)s2)cc(F)c1O. The zero-order valence-corrected chi connectivity index (χ0v) is 15.5. The van der Waals surface area contributed by atoms with Crippen LogP contribution in [0.2, 0.25) is 0 Å². The minimum Gasteiger partial charge on any atom is -0.504 e. The van der Waals surface area contributed by atoms with Crippen molar-refractivity contribution in [3.05, 3.63) is 54.0 Å². The molecule has 0 saturated carbocycles. The molecule has 138 valence electrons. The van der Waals surface area contributed by atoms with Gasteiger partial charge in [-0.25, -0.2) is 9.37 Å². The molecule has 4 nitrogen and oxygen atoms in total. The predicted octanol–water partition coefficient (Wildman–Crippen LogP) is 5.12. The Kier molecular flexibility index (Phi) is 4.90. The minimum atomic E-state index is -0.810. The number of hydrogen-bond donors (Lipinski definition) is 1. The molecule has 2 aromatic carbocycles. The zero-order chi connectivity index (χ0) is 18.8. The number of carbonyl (C=O) groups excluding carboxylic acids is 1. The van der Waals surface area contributed by atoms with E-state index in [-0.39, 0.29) is 5.56 Å². The lowest BCUT2D eigenvalue weighted by atomic mass is 10.1. The fourth-order valence-corrected chi connectivity index (χ4v) is 4.27. The molecule has 0 unspecified atom stereocenters. The number of aromatic hydroxyl groups is 1. The van der Waals surface area contributed by atoms with Gasteiger partial charge in [-0.05, 0) is 61.2 Å². The lowest BCUT2D eigenvalue weighted by molar-refractivity contribution is 0.112. The van der Waals surface area contributed by atoms with Gasteiger partial charge in [-0.2, -0.15) is 0 Å². The highest BCUT2D eigenvalue weighted by Gasteiger charge is 2.14. The number of nitrogens with zero attached hydrogens (tertiary/aromatic N) is 2. The number of piperidine rings is 1. The van der Waals surface area contributed by atoms with Gasteiger partial charge in [0.15, 0.2) is 17.9 Å². The molecule has 4 rings (SSSR count). The first kappa shape index (κ1) is 17.7. The van der Waals surface area contributed by atoms with E-state index in [0.29, 0.717) is 11.8 Å². The minimum absolute atomic E-state index is 0.0640. The van der Waals surface area contributed by atoms with E-state index in [1.807, 2.05) is 0 Å².